The number of hydrogen-bond acceptors (Lipinski definition) is 3. The van der Waals surface area contributed by atoms with Gasteiger partial charge in [0.1, 0.15) is 5.82 Å². The molecule has 0 aliphatic carbocycles. The molecule has 0 heterocycles. The Labute approximate surface area is 93.5 Å². The molecule has 0 fully saturated rings. The summed E-state index contributed by atoms with van der Waals surface area (Å²) in [5.74, 6) is -0.895. The summed E-state index contributed by atoms with van der Waals surface area (Å²) in [6.07, 6.45) is -0.0142. The van der Waals surface area contributed by atoms with Crippen molar-refractivity contribution in [2.75, 3.05) is 6.61 Å². The fourth-order valence-electron chi connectivity index (χ4n) is 1.33. The van der Waals surface area contributed by atoms with Gasteiger partial charge in [0.15, 0.2) is 0 Å². The van der Waals surface area contributed by atoms with Gasteiger partial charge in [-0.3, -0.25) is 4.79 Å². The van der Waals surface area contributed by atoms with Crippen LogP contribution in [0.25, 0.3) is 0 Å². The second-order valence-electron chi connectivity index (χ2n) is 3.34. The van der Waals surface area contributed by atoms with Crippen LogP contribution in [0.4, 0.5) is 4.39 Å². The SMILES string of the molecule is CCOC(=O)Cc1cc(F)c(C)c(C#N)c1. The molecule has 0 aliphatic heterocycles. The monoisotopic (exact) mass is 221 g/mol. The van der Waals surface area contributed by atoms with Gasteiger partial charge in [-0.1, -0.05) is 0 Å². The average Bonchev–Trinajstić information content (AvgIpc) is 2.23. The van der Waals surface area contributed by atoms with Crippen LogP contribution in [0.1, 0.15) is 23.6 Å². The zero-order valence-corrected chi connectivity index (χ0v) is 9.21. The average molecular weight is 221 g/mol. The summed E-state index contributed by atoms with van der Waals surface area (Å²) in [4.78, 5) is 11.2. The van der Waals surface area contributed by atoms with Gasteiger partial charge in [0.05, 0.1) is 24.7 Å². The second kappa shape index (κ2) is 5.26. The predicted molar refractivity (Wildman–Crippen MR) is 56.2 cm³/mol. The molecule has 84 valence electrons. The van der Waals surface area contributed by atoms with E-state index >= 15 is 0 Å². The molecule has 4 heteroatoms. The number of ether oxygens (including phenoxy) is 1. The van der Waals surface area contributed by atoms with E-state index in [0.29, 0.717) is 11.1 Å². The largest absolute Gasteiger partial charge is 0.466 e. The van der Waals surface area contributed by atoms with Crippen LogP contribution in [-0.4, -0.2) is 12.6 Å². The fraction of sp³-hybridized carbons (Fsp3) is 0.333. The Morgan fingerprint density at radius 3 is 2.81 bits per heavy atom. The molecule has 1 rings (SSSR count). The minimum atomic E-state index is -0.474. The highest BCUT2D eigenvalue weighted by Gasteiger charge is 2.10. The first-order valence-corrected chi connectivity index (χ1v) is 4.93. The van der Waals surface area contributed by atoms with Crippen LogP contribution in [0.3, 0.4) is 0 Å². The van der Waals surface area contributed by atoms with Crippen molar-refractivity contribution in [1.82, 2.24) is 0 Å². The van der Waals surface area contributed by atoms with Gasteiger partial charge in [-0.2, -0.15) is 5.26 Å². The van der Waals surface area contributed by atoms with Crippen LogP contribution in [0.15, 0.2) is 12.1 Å². The zero-order valence-electron chi connectivity index (χ0n) is 9.21. The van der Waals surface area contributed by atoms with Gasteiger partial charge in [-0.05, 0) is 31.5 Å². The summed E-state index contributed by atoms with van der Waals surface area (Å²) < 4.78 is 18.1. The van der Waals surface area contributed by atoms with E-state index in [4.69, 9.17) is 10.00 Å². The highest BCUT2D eigenvalue weighted by molar-refractivity contribution is 5.72. The van der Waals surface area contributed by atoms with Gasteiger partial charge in [0.25, 0.3) is 0 Å². The maximum Gasteiger partial charge on any atom is 0.310 e. The summed E-state index contributed by atoms with van der Waals surface area (Å²) in [6, 6.07) is 4.66. The number of carbonyl (C=O) groups is 1. The number of hydrogen-bond donors (Lipinski definition) is 0. The van der Waals surface area contributed by atoms with E-state index in [2.05, 4.69) is 0 Å². The van der Waals surface area contributed by atoms with Crippen LogP contribution in [-0.2, 0) is 16.0 Å². The van der Waals surface area contributed by atoms with Crippen LogP contribution in [0, 0.1) is 24.1 Å². The summed E-state index contributed by atoms with van der Waals surface area (Å²) in [7, 11) is 0. The minimum Gasteiger partial charge on any atom is -0.466 e. The molecule has 0 radical (unpaired) electrons. The third kappa shape index (κ3) is 2.80. The minimum absolute atomic E-state index is 0.0142. The maximum atomic E-state index is 13.4. The second-order valence-corrected chi connectivity index (χ2v) is 3.34. The highest BCUT2D eigenvalue weighted by atomic mass is 19.1. The smallest absolute Gasteiger partial charge is 0.310 e. The third-order valence-electron chi connectivity index (χ3n) is 2.18. The Kier molecular flexibility index (Phi) is 4.01. The first-order valence-electron chi connectivity index (χ1n) is 4.93. The molecular weight excluding hydrogens is 209 g/mol. The molecule has 0 aromatic heterocycles. The van der Waals surface area contributed by atoms with Crippen molar-refractivity contribution in [3.63, 3.8) is 0 Å². The topological polar surface area (TPSA) is 50.1 Å². The molecule has 0 N–H and O–H groups in total. The van der Waals surface area contributed by atoms with Crippen molar-refractivity contribution in [2.24, 2.45) is 0 Å². The maximum absolute atomic E-state index is 13.4. The van der Waals surface area contributed by atoms with E-state index < -0.39 is 11.8 Å². The molecular formula is C12H12FNO2. The number of halogens is 1. The predicted octanol–water partition coefficient (Wildman–Crippen LogP) is 2.11. The fourth-order valence-corrected chi connectivity index (χ4v) is 1.33. The molecule has 16 heavy (non-hydrogen) atoms. The van der Waals surface area contributed by atoms with Crippen LogP contribution in [0.5, 0.6) is 0 Å². The molecule has 0 amide bonds. The van der Waals surface area contributed by atoms with Crippen molar-refractivity contribution < 1.29 is 13.9 Å². The van der Waals surface area contributed by atoms with Gasteiger partial charge in [0, 0.05) is 5.56 Å². The molecule has 3 nitrogen and oxygen atoms in total. The Hall–Kier alpha value is -1.89. The van der Waals surface area contributed by atoms with Crippen LogP contribution < -0.4 is 0 Å². The number of nitriles is 1. The molecule has 0 spiro atoms. The normalized spacial score (nSPS) is 9.62. The van der Waals surface area contributed by atoms with E-state index in [-0.39, 0.29) is 18.6 Å². The Morgan fingerprint density at radius 2 is 2.25 bits per heavy atom. The standard InChI is InChI=1S/C12H12FNO2/c1-3-16-12(15)6-9-4-10(7-14)8(2)11(13)5-9/h4-5H,3,6H2,1-2H3. The van der Waals surface area contributed by atoms with Crippen molar-refractivity contribution in [1.29, 1.82) is 5.26 Å². The van der Waals surface area contributed by atoms with Gasteiger partial charge in [0.2, 0.25) is 0 Å². The number of nitrogens with zero attached hydrogens (tertiary/aromatic N) is 1. The lowest BCUT2D eigenvalue weighted by Gasteiger charge is -2.05. The number of benzene rings is 1. The quantitative estimate of drug-likeness (QED) is 0.734. The summed E-state index contributed by atoms with van der Waals surface area (Å²) in [5.41, 5.74) is 1.01. The first kappa shape index (κ1) is 12.2. The van der Waals surface area contributed by atoms with E-state index in [0.717, 1.165) is 0 Å². The first-order chi connectivity index (χ1) is 7.58. The lowest BCUT2D eigenvalue weighted by atomic mass is 10.0. The molecule has 1 aromatic rings. The summed E-state index contributed by atoms with van der Waals surface area (Å²) in [5, 5.41) is 8.77. The lowest BCUT2D eigenvalue weighted by Crippen LogP contribution is -2.08. The Morgan fingerprint density at radius 1 is 1.56 bits per heavy atom. The number of rotatable bonds is 3. The molecule has 0 aliphatic rings. The van der Waals surface area contributed by atoms with E-state index in [1.807, 2.05) is 6.07 Å². The van der Waals surface area contributed by atoms with Crippen LogP contribution in [0.2, 0.25) is 0 Å². The third-order valence-corrected chi connectivity index (χ3v) is 2.18. The van der Waals surface area contributed by atoms with Crippen LogP contribution >= 0.6 is 0 Å². The number of carbonyl (C=O) groups excluding carboxylic acids is 1. The lowest BCUT2D eigenvalue weighted by molar-refractivity contribution is -0.142. The van der Waals surface area contributed by atoms with Crippen molar-refractivity contribution >= 4 is 5.97 Å². The summed E-state index contributed by atoms with van der Waals surface area (Å²) in [6.45, 7) is 3.52. The molecule has 0 saturated carbocycles. The van der Waals surface area contributed by atoms with E-state index in [1.165, 1.54) is 19.1 Å². The van der Waals surface area contributed by atoms with Crippen molar-refractivity contribution in [2.45, 2.75) is 20.3 Å². The van der Waals surface area contributed by atoms with Gasteiger partial charge in [-0.15, -0.1) is 0 Å². The summed E-state index contributed by atoms with van der Waals surface area (Å²) >= 11 is 0. The molecule has 0 saturated heterocycles. The zero-order chi connectivity index (χ0) is 12.1. The molecule has 0 atom stereocenters. The van der Waals surface area contributed by atoms with E-state index in [1.54, 1.807) is 6.92 Å². The molecule has 1 aromatic carbocycles. The highest BCUT2D eigenvalue weighted by Crippen LogP contribution is 2.15. The Bertz CT molecular complexity index is 449. The van der Waals surface area contributed by atoms with Crippen molar-refractivity contribution in [3.05, 3.63) is 34.6 Å². The number of esters is 1. The Balaban J connectivity index is 2.95. The molecule has 0 unspecified atom stereocenters. The van der Waals surface area contributed by atoms with Gasteiger partial charge >= 0.3 is 5.97 Å². The van der Waals surface area contributed by atoms with E-state index in [9.17, 15) is 9.18 Å². The molecule has 0 bridgehead atoms. The van der Waals surface area contributed by atoms with Gasteiger partial charge in [-0.25, -0.2) is 4.39 Å². The van der Waals surface area contributed by atoms with Gasteiger partial charge < -0.3 is 4.74 Å². The van der Waals surface area contributed by atoms with Crippen molar-refractivity contribution in [3.8, 4) is 6.07 Å².